The first-order valence-corrected chi connectivity index (χ1v) is 8.57. The number of hydrogen-bond donors (Lipinski definition) is 2. The number of aromatic nitrogens is 4. The molecule has 5 heteroatoms. The summed E-state index contributed by atoms with van der Waals surface area (Å²) in [5.74, 6) is 1.87. The van der Waals surface area contributed by atoms with E-state index < -0.39 is 0 Å². The number of imidazole rings is 1. The Balaban J connectivity index is 1.50. The van der Waals surface area contributed by atoms with Gasteiger partial charge in [-0.15, -0.1) is 0 Å². The fourth-order valence-electron chi connectivity index (χ4n) is 3.37. The van der Waals surface area contributed by atoms with Crippen LogP contribution < -0.4 is 0 Å². The molecule has 0 unspecified atom stereocenters. The van der Waals surface area contributed by atoms with E-state index >= 15 is 0 Å². The van der Waals surface area contributed by atoms with Gasteiger partial charge in [0.25, 0.3) is 0 Å². The minimum absolute atomic E-state index is 0.733. The molecule has 0 aromatic carbocycles. The summed E-state index contributed by atoms with van der Waals surface area (Å²) >= 11 is 0. The zero-order chi connectivity index (χ0) is 15.2. The topological polar surface area (TPSA) is 60.6 Å². The Labute approximate surface area is 132 Å². The van der Waals surface area contributed by atoms with Gasteiger partial charge in [0.05, 0.1) is 0 Å². The molecule has 0 aliphatic carbocycles. The number of rotatable bonds is 7. The van der Waals surface area contributed by atoms with Crippen molar-refractivity contribution in [3.63, 3.8) is 0 Å². The van der Waals surface area contributed by atoms with E-state index in [2.05, 4.69) is 38.1 Å². The average Bonchev–Trinajstić information content (AvgIpc) is 3.17. The van der Waals surface area contributed by atoms with Crippen LogP contribution in [0.5, 0.6) is 0 Å². The normalized spacial score (nSPS) is 19.6. The third-order valence-electron chi connectivity index (χ3n) is 4.51. The summed E-state index contributed by atoms with van der Waals surface area (Å²) in [6, 6.07) is 2.09. The van der Waals surface area contributed by atoms with Crippen LogP contribution in [0, 0.1) is 5.92 Å². The Morgan fingerprint density at radius 3 is 3.14 bits per heavy atom. The fourth-order valence-corrected chi connectivity index (χ4v) is 3.37. The summed E-state index contributed by atoms with van der Waals surface area (Å²) in [4.78, 5) is 10.5. The zero-order valence-corrected chi connectivity index (χ0v) is 13.5. The molecule has 120 valence electrons. The SMILES string of the molecule is CCCCc1ncc(CN2CCC[C@H](Cc3ccn[nH]3)C2)[nH]1. The van der Waals surface area contributed by atoms with Crippen molar-refractivity contribution in [3.8, 4) is 0 Å². The van der Waals surface area contributed by atoms with Gasteiger partial charge in [-0.3, -0.25) is 10.00 Å². The molecule has 22 heavy (non-hydrogen) atoms. The lowest BCUT2D eigenvalue weighted by atomic mass is 9.93. The predicted octanol–water partition coefficient (Wildman–Crippen LogP) is 2.93. The summed E-state index contributed by atoms with van der Waals surface area (Å²) in [7, 11) is 0. The van der Waals surface area contributed by atoms with Crippen molar-refractivity contribution in [2.45, 2.75) is 52.0 Å². The van der Waals surface area contributed by atoms with Crippen LogP contribution in [0.15, 0.2) is 18.5 Å². The van der Waals surface area contributed by atoms with Crippen LogP contribution in [-0.2, 0) is 19.4 Å². The molecule has 0 spiro atoms. The minimum atomic E-state index is 0.733. The van der Waals surface area contributed by atoms with Crippen LogP contribution in [0.2, 0.25) is 0 Å². The second kappa shape index (κ2) is 7.58. The van der Waals surface area contributed by atoms with Crippen LogP contribution in [0.3, 0.4) is 0 Å². The van der Waals surface area contributed by atoms with E-state index in [-0.39, 0.29) is 0 Å². The van der Waals surface area contributed by atoms with Gasteiger partial charge in [-0.1, -0.05) is 13.3 Å². The molecule has 0 bridgehead atoms. The molecule has 0 amide bonds. The first-order chi connectivity index (χ1) is 10.8. The monoisotopic (exact) mass is 301 g/mol. The van der Waals surface area contributed by atoms with Crippen molar-refractivity contribution >= 4 is 0 Å². The number of unbranched alkanes of at least 4 members (excludes halogenated alkanes) is 1. The van der Waals surface area contributed by atoms with E-state index in [9.17, 15) is 0 Å². The van der Waals surface area contributed by atoms with Crippen LogP contribution in [0.1, 0.15) is 49.8 Å². The highest BCUT2D eigenvalue weighted by molar-refractivity contribution is 5.03. The number of H-pyrrole nitrogens is 2. The lowest BCUT2D eigenvalue weighted by molar-refractivity contribution is 0.165. The number of nitrogens with one attached hydrogen (secondary N) is 2. The average molecular weight is 301 g/mol. The van der Waals surface area contributed by atoms with Gasteiger partial charge >= 0.3 is 0 Å². The zero-order valence-electron chi connectivity index (χ0n) is 13.5. The highest BCUT2D eigenvalue weighted by atomic mass is 15.1. The molecule has 2 N–H and O–H groups in total. The second-order valence-electron chi connectivity index (χ2n) is 6.49. The minimum Gasteiger partial charge on any atom is -0.345 e. The van der Waals surface area contributed by atoms with Gasteiger partial charge in [-0.05, 0) is 44.2 Å². The molecule has 1 aliphatic heterocycles. The lowest BCUT2D eigenvalue weighted by Crippen LogP contribution is -2.35. The summed E-state index contributed by atoms with van der Waals surface area (Å²) in [5, 5.41) is 7.14. The Morgan fingerprint density at radius 2 is 2.32 bits per heavy atom. The van der Waals surface area contributed by atoms with Crippen LogP contribution in [0.4, 0.5) is 0 Å². The molecule has 0 radical (unpaired) electrons. The molecular weight excluding hydrogens is 274 g/mol. The molecule has 0 saturated carbocycles. The Kier molecular flexibility index (Phi) is 5.27. The molecular formula is C17H27N5. The molecule has 1 aliphatic rings. The van der Waals surface area contributed by atoms with Gasteiger partial charge in [0.1, 0.15) is 5.82 Å². The molecule has 2 aromatic rings. The van der Waals surface area contributed by atoms with Gasteiger partial charge in [0.2, 0.25) is 0 Å². The van der Waals surface area contributed by atoms with Crippen LogP contribution >= 0.6 is 0 Å². The third kappa shape index (κ3) is 4.19. The van der Waals surface area contributed by atoms with Gasteiger partial charge in [-0.25, -0.2) is 4.98 Å². The van der Waals surface area contributed by atoms with E-state index in [0.29, 0.717) is 0 Å². The molecule has 3 rings (SSSR count). The van der Waals surface area contributed by atoms with Crippen LogP contribution in [0.25, 0.3) is 0 Å². The summed E-state index contributed by atoms with van der Waals surface area (Å²) in [5.41, 5.74) is 2.52. The summed E-state index contributed by atoms with van der Waals surface area (Å²) < 4.78 is 0. The smallest absolute Gasteiger partial charge is 0.106 e. The van der Waals surface area contributed by atoms with Crippen molar-refractivity contribution in [3.05, 3.63) is 35.7 Å². The lowest BCUT2D eigenvalue weighted by Gasteiger charge is -2.32. The van der Waals surface area contributed by atoms with Gasteiger partial charge in [-0.2, -0.15) is 5.10 Å². The fraction of sp³-hybridized carbons (Fsp3) is 0.647. The van der Waals surface area contributed by atoms with Crippen molar-refractivity contribution in [1.29, 1.82) is 0 Å². The number of hydrogen-bond acceptors (Lipinski definition) is 3. The number of piperidine rings is 1. The first kappa shape index (κ1) is 15.3. The molecule has 1 saturated heterocycles. The van der Waals surface area contributed by atoms with E-state index in [1.54, 1.807) is 0 Å². The van der Waals surface area contributed by atoms with Crippen molar-refractivity contribution < 1.29 is 0 Å². The van der Waals surface area contributed by atoms with Crippen LogP contribution in [-0.4, -0.2) is 38.2 Å². The van der Waals surface area contributed by atoms with Gasteiger partial charge in [0, 0.05) is 43.3 Å². The largest absolute Gasteiger partial charge is 0.345 e. The molecule has 1 atom stereocenters. The summed E-state index contributed by atoms with van der Waals surface area (Å²) in [6.07, 6.45) is 11.1. The standard InChI is InChI=1S/C17H27N5/c1-2-3-6-17-18-11-16(20-17)13-22-9-4-5-14(12-22)10-15-7-8-19-21-15/h7-8,11,14H,2-6,9-10,12-13H2,1H3,(H,18,20)(H,19,21)/t14-/m1/s1. The van der Waals surface area contributed by atoms with Crippen molar-refractivity contribution in [2.24, 2.45) is 5.92 Å². The highest BCUT2D eigenvalue weighted by Gasteiger charge is 2.21. The van der Waals surface area contributed by atoms with Gasteiger partial charge in [0.15, 0.2) is 0 Å². The van der Waals surface area contributed by atoms with E-state index in [4.69, 9.17) is 0 Å². The number of likely N-dealkylation sites (tertiary alicyclic amines) is 1. The maximum Gasteiger partial charge on any atom is 0.106 e. The van der Waals surface area contributed by atoms with Crippen molar-refractivity contribution in [1.82, 2.24) is 25.1 Å². The maximum absolute atomic E-state index is 4.50. The quantitative estimate of drug-likeness (QED) is 0.826. The highest BCUT2D eigenvalue weighted by Crippen LogP contribution is 2.21. The maximum atomic E-state index is 4.50. The number of aromatic amines is 2. The van der Waals surface area contributed by atoms with E-state index in [1.165, 1.54) is 50.2 Å². The predicted molar refractivity (Wildman–Crippen MR) is 87.5 cm³/mol. The first-order valence-electron chi connectivity index (χ1n) is 8.57. The number of nitrogens with zero attached hydrogens (tertiary/aromatic N) is 3. The molecule has 5 nitrogen and oxygen atoms in total. The Morgan fingerprint density at radius 1 is 1.36 bits per heavy atom. The second-order valence-corrected chi connectivity index (χ2v) is 6.49. The third-order valence-corrected chi connectivity index (χ3v) is 4.51. The molecule has 1 fully saturated rings. The van der Waals surface area contributed by atoms with Crippen molar-refractivity contribution in [2.75, 3.05) is 13.1 Å². The van der Waals surface area contributed by atoms with E-state index in [1.807, 2.05) is 12.4 Å². The van der Waals surface area contributed by atoms with E-state index in [0.717, 1.165) is 31.1 Å². The Bertz CT molecular complexity index is 545. The van der Waals surface area contributed by atoms with Gasteiger partial charge < -0.3 is 4.98 Å². The number of aryl methyl sites for hydroxylation is 1. The molecule has 3 heterocycles. The Hall–Kier alpha value is -1.62. The molecule has 2 aromatic heterocycles. The summed E-state index contributed by atoms with van der Waals surface area (Å²) in [6.45, 7) is 5.58.